The number of aromatic nitrogens is 4. The summed E-state index contributed by atoms with van der Waals surface area (Å²) in [5.41, 5.74) is 19.9. The van der Waals surface area contributed by atoms with Crippen LogP contribution in [0.4, 0.5) is 5.69 Å². The molecule has 2 heterocycles. The number of carbonyl (C=O) groups is 8. The Morgan fingerprint density at radius 1 is 0.663 bits per heavy atom. The van der Waals surface area contributed by atoms with Crippen molar-refractivity contribution in [1.82, 2.24) is 19.6 Å². The van der Waals surface area contributed by atoms with Crippen LogP contribution in [0.5, 0.6) is 0 Å². The van der Waals surface area contributed by atoms with Gasteiger partial charge in [0.15, 0.2) is 23.8 Å². The normalized spacial score (nSPS) is 19.9. The zero-order valence-corrected chi connectivity index (χ0v) is 56.6. The smallest absolute Gasteiger partial charge is 0.310 e. The molecule has 6 N–H and O–H groups in total. The van der Waals surface area contributed by atoms with E-state index in [1.165, 1.54) is 13.8 Å². The van der Waals surface area contributed by atoms with Crippen LogP contribution in [-0.4, -0.2) is 166 Å². The molecule has 4 aliphatic rings. The number of carbonyl (C=O) groups excluding carboxylic acids is 8. The number of benzene rings is 2. The zero-order chi connectivity index (χ0) is 64.7. The maximum atomic E-state index is 12.9. The van der Waals surface area contributed by atoms with Crippen LogP contribution in [0, 0.1) is 30.6 Å². The second-order valence-electron chi connectivity index (χ2n) is 28.0. The third-order valence-electron chi connectivity index (χ3n) is 16.2. The molecule has 21 nitrogen and oxygen atoms in total. The second-order valence-corrected chi connectivity index (χ2v) is 28.4. The van der Waals surface area contributed by atoms with Crippen molar-refractivity contribution in [3.8, 4) is 11.4 Å². The second kappa shape index (κ2) is 31.2. The number of amides is 2. The van der Waals surface area contributed by atoms with Crippen molar-refractivity contribution >= 4 is 63.8 Å². The number of hydrogen-bond donors (Lipinski definition) is 4. The van der Waals surface area contributed by atoms with Crippen LogP contribution in [0.1, 0.15) is 188 Å². The molecule has 24 heteroatoms. The van der Waals surface area contributed by atoms with Gasteiger partial charge in [-0.15, -0.1) is 0 Å². The van der Waals surface area contributed by atoms with E-state index in [4.69, 9.17) is 47.5 Å². The molecule has 0 radical (unpaired) electrons. The number of halogens is 3. The highest BCUT2D eigenvalue weighted by molar-refractivity contribution is 6.63. The Bertz CT molecular complexity index is 3200. The highest BCUT2D eigenvalue weighted by atomic mass is 35.5. The largest absolute Gasteiger partial charge is 1.00 e. The predicted molar refractivity (Wildman–Crippen MR) is 331 cm³/mol. The molecular weight excluding hydrogens is 1210 g/mol. The highest BCUT2D eigenvalue weighted by Crippen LogP contribution is 2.40. The van der Waals surface area contributed by atoms with Crippen LogP contribution in [0.15, 0.2) is 36.4 Å². The minimum atomic E-state index is -0.545. The summed E-state index contributed by atoms with van der Waals surface area (Å²) in [7, 11) is 11.8. The van der Waals surface area contributed by atoms with Crippen molar-refractivity contribution in [2.45, 2.75) is 182 Å². The Morgan fingerprint density at radius 3 is 1.53 bits per heavy atom. The van der Waals surface area contributed by atoms with Gasteiger partial charge in [-0.1, -0.05) is 27.7 Å². The van der Waals surface area contributed by atoms with Gasteiger partial charge in [-0.2, -0.15) is 10.2 Å². The lowest BCUT2D eigenvalue weighted by atomic mass is 9.75. The highest BCUT2D eigenvalue weighted by Gasteiger charge is 2.38. The summed E-state index contributed by atoms with van der Waals surface area (Å²) >= 11 is 5.25. The Kier molecular flexibility index (Phi) is 26.4. The number of nitrogens with two attached hydrogens (primary N) is 2. The molecule has 2 fully saturated rings. The summed E-state index contributed by atoms with van der Waals surface area (Å²) in [5, 5.41) is 22.2. The molecule has 0 aliphatic heterocycles. The molecule has 0 saturated heterocycles. The summed E-state index contributed by atoms with van der Waals surface area (Å²) < 4.78 is 21.0. The number of nitrogens with one attached hydrogen (secondary N) is 1. The number of aliphatic hydroxyl groups is 1. The number of primary amides is 2. The summed E-state index contributed by atoms with van der Waals surface area (Å²) in [6.07, 6.45) is 8.22. The topological polar surface area (TPSA) is 284 Å². The summed E-state index contributed by atoms with van der Waals surface area (Å²) in [5.74, 6) is -1.46. The fraction of sp³-hybridized carbons (Fsp3) is 0.600. The Morgan fingerprint density at radius 2 is 1.10 bits per heavy atom. The van der Waals surface area contributed by atoms with Crippen molar-refractivity contribution < 1.29 is 91.5 Å². The standard InChI is InChI=1S/C32H45N5O6.C24H31N3O3.C9H17ClNO3.2ClH/c1-19-30-27(16-32(3,4)17-28(30)39)36(35-19)22-10-13-25(31(33)41)26(14-22)34-21-8-11-23(12-9-21)43-29(40)15-24(42-20(2)38)18-37(5,6)7;1-14-22-20(12-24(2,3)13-21(22)29)27(26-14)17-6-9-19(23(25)30)16(11-17)10-15-4-7-18(28)8-5-15;1-7(12)14-8(5-9(10)13)6-11(2,3)4;;/h10,13-14,21,23-24H,8-9,11-12,15-18H2,1-7H3,(H2-,33,34,41);6,9,11,15,18,28H,4-5,7-8,10,12-13H2,1-3H3,(H2,25,30);8H,5-6H2,1-4H3;2*1H/q;;+1;;/p-1. The Hall–Kier alpha value is -6.23. The maximum Gasteiger partial charge on any atom is 0.310 e. The predicted octanol–water partition coefficient (Wildman–Crippen LogP) is 2.05. The number of quaternary nitrogens is 2. The monoisotopic (exact) mass is 1300 g/mol. The maximum absolute atomic E-state index is 12.9. The molecule has 0 spiro atoms. The molecule has 0 bridgehead atoms. The summed E-state index contributed by atoms with van der Waals surface area (Å²) in [6.45, 7) is 15.9. The van der Waals surface area contributed by atoms with E-state index in [1.807, 2.05) is 89.8 Å². The number of aliphatic hydroxyl groups excluding tert-OH is 1. The molecule has 2 atom stereocenters. The molecule has 2 unspecified atom stereocenters. The average molecular weight is 1300 g/mol. The van der Waals surface area contributed by atoms with E-state index in [2.05, 4.69) is 33.0 Å². The van der Waals surface area contributed by atoms with Gasteiger partial charge in [0, 0.05) is 44.0 Å². The molecule has 89 heavy (non-hydrogen) atoms. The first-order valence-electron chi connectivity index (χ1n) is 30.2. The SMILES string of the molecule is CC(=O)OC(CC(=O)Cl)C[N+](C)(C)C.CC(=O)OC(CC(=O)OC1CCC(Nc2cc(-n3nc(C)c4c3CC(C)(C)CC4=O)ccc2C(N)=O)CC1)C[N+](C)(C)C.Cc1nn(-c2ccc(C(N)=O)c(CC3CCC(O)CC3)c2)c2c1C(=O)CC(C)(C)C2.[Cl-].[Cl-]. The molecule has 2 amide bonds. The molecule has 2 aromatic carbocycles. The number of anilines is 1. The van der Waals surface area contributed by atoms with Crippen LogP contribution in [0.3, 0.4) is 0 Å². The third kappa shape index (κ3) is 22.0. The quantitative estimate of drug-likeness (QED) is 0.0453. The minimum Gasteiger partial charge on any atom is -1.00 e. The molecule has 4 aromatic rings. The first-order chi connectivity index (χ1) is 40.4. The molecule has 492 valence electrons. The lowest BCUT2D eigenvalue weighted by Gasteiger charge is -2.31. The van der Waals surface area contributed by atoms with Crippen molar-refractivity contribution in [3.05, 3.63) is 87.0 Å². The minimum absolute atomic E-state index is 0. The fourth-order valence-corrected chi connectivity index (χ4v) is 12.8. The third-order valence-corrected chi connectivity index (χ3v) is 16.3. The van der Waals surface area contributed by atoms with Crippen LogP contribution < -0.4 is 41.6 Å². The van der Waals surface area contributed by atoms with Crippen LogP contribution in [-0.2, 0) is 52.7 Å². The number of rotatable bonds is 19. The summed E-state index contributed by atoms with van der Waals surface area (Å²) in [4.78, 5) is 95.7. The fourth-order valence-electron chi connectivity index (χ4n) is 12.6. The van der Waals surface area contributed by atoms with E-state index in [0.29, 0.717) is 81.7 Å². The Labute approximate surface area is 541 Å². The van der Waals surface area contributed by atoms with Gasteiger partial charge in [-0.3, -0.25) is 38.4 Å². The van der Waals surface area contributed by atoms with Gasteiger partial charge in [-0.05, 0) is 155 Å². The van der Waals surface area contributed by atoms with Crippen LogP contribution >= 0.6 is 11.6 Å². The first kappa shape index (κ1) is 75.2. The number of ketones is 2. The van der Waals surface area contributed by atoms with Gasteiger partial charge in [-0.25, -0.2) is 9.36 Å². The van der Waals surface area contributed by atoms with Gasteiger partial charge in [0.25, 0.3) is 5.91 Å². The lowest BCUT2D eigenvalue weighted by molar-refractivity contribution is -0.873. The van der Waals surface area contributed by atoms with Crippen molar-refractivity contribution in [1.29, 1.82) is 0 Å². The number of likely N-dealkylation sites (N-methyl/N-ethyl adjacent to an activating group) is 2. The Balaban J connectivity index is 0.000000319. The first-order valence-corrected chi connectivity index (χ1v) is 30.6. The molecule has 2 saturated carbocycles. The van der Waals surface area contributed by atoms with Crippen molar-refractivity contribution in [2.75, 3.05) is 60.7 Å². The van der Waals surface area contributed by atoms with E-state index in [9.17, 15) is 43.5 Å². The van der Waals surface area contributed by atoms with Gasteiger partial charge in [0.1, 0.15) is 19.2 Å². The summed E-state index contributed by atoms with van der Waals surface area (Å²) in [6, 6.07) is 11.1. The molecule has 8 rings (SSSR count). The number of esters is 3. The number of nitrogens with zero attached hydrogens (tertiary/aromatic N) is 6. The van der Waals surface area contributed by atoms with Crippen molar-refractivity contribution in [3.63, 3.8) is 0 Å². The molecule has 2 aromatic heterocycles. The number of aryl methyl sites for hydroxylation is 2. The van der Waals surface area contributed by atoms with E-state index in [0.717, 1.165) is 97.4 Å². The number of ether oxygens (including phenoxy) is 3. The van der Waals surface area contributed by atoms with Gasteiger partial charge in [0.2, 0.25) is 11.1 Å². The van der Waals surface area contributed by atoms with Crippen LogP contribution in [0.25, 0.3) is 11.4 Å². The molecular formula is C65H94Cl3N9O12. The van der Waals surface area contributed by atoms with Gasteiger partial charge in [0.05, 0.1) is 112 Å². The van der Waals surface area contributed by atoms with Crippen molar-refractivity contribution in [2.24, 2.45) is 28.2 Å². The van der Waals surface area contributed by atoms with E-state index in [1.54, 1.807) is 12.1 Å². The molecule has 4 aliphatic carbocycles. The number of Topliss-reactive ketones (excluding diaryl/α,β-unsaturated/α-hetero) is 2. The number of hydrogen-bond acceptors (Lipinski definition) is 15. The average Bonchev–Trinajstić information content (AvgIpc) is 3.22. The lowest BCUT2D eigenvalue weighted by Crippen LogP contribution is -3.00. The van der Waals surface area contributed by atoms with E-state index < -0.39 is 35.2 Å². The van der Waals surface area contributed by atoms with Gasteiger partial charge < -0.3 is 69.9 Å². The van der Waals surface area contributed by atoms with Crippen LogP contribution in [0.2, 0.25) is 0 Å². The van der Waals surface area contributed by atoms with Gasteiger partial charge >= 0.3 is 17.9 Å². The van der Waals surface area contributed by atoms with E-state index >= 15 is 0 Å². The van der Waals surface area contributed by atoms with E-state index in [-0.39, 0.29) is 90.2 Å². The number of fused-ring (bicyclic) bond motifs is 2. The zero-order valence-electron chi connectivity index (χ0n) is 54.4.